The topological polar surface area (TPSA) is 94.8 Å². The predicted molar refractivity (Wildman–Crippen MR) is 99.4 cm³/mol. The lowest BCUT2D eigenvalue weighted by molar-refractivity contribution is -0.133. The van der Waals surface area contributed by atoms with E-state index in [-0.39, 0.29) is 6.61 Å². The maximum atomic E-state index is 11.3. The second kappa shape index (κ2) is 13.2. The largest absolute Gasteiger partial charge is 0.478 e. The van der Waals surface area contributed by atoms with Crippen LogP contribution in [0.1, 0.15) is 59.3 Å². The predicted octanol–water partition coefficient (Wildman–Crippen LogP) is 4.25. The molecule has 0 aliphatic carbocycles. The minimum absolute atomic E-state index is 0.0800. The van der Waals surface area contributed by atoms with Crippen molar-refractivity contribution in [1.29, 1.82) is 0 Å². The van der Waals surface area contributed by atoms with E-state index in [2.05, 4.69) is 6.08 Å². The van der Waals surface area contributed by atoms with Crippen LogP contribution in [-0.4, -0.2) is 33.9 Å². The molecule has 5 nitrogen and oxygen atoms in total. The summed E-state index contributed by atoms with van der Waals surface area (Å²) < 4.78 is 0. The van der Waals surface area contributed by atoms with Gasteiger partial charge in [0.05, 0.1) is 6.61 Å². The molecular formula is C20H30O5. The Morgan fingerprint density at radius 1 is 0.760 bits per heavy atom. The van der Waals surface area contributed by atoms with Gasteiger partial charge in [-0.15, -0.1) is 0 Å². The van der Waals surface area contributed by atoms with E-state index in [0.717, 1.165) is 30.1 Å². The number of hydrogen-bond donors (Lipinski definition) is 3. The summed E-state index contributed by atoms with van der Waals surface area (Å²) in [6, 6.07) is 0. The number of aliphatic carboxylic acids is 2. The van der Waals surface area contributed by atoms with Gasteiger partial charge in [-0.2, -0.15) is 0 Å². The summed E-state index contributed by atoms with van der Waals surface area (Å²) >= 11 is 0. The van der Waals surface area contributed by atoms with Gasteiger partial charge in [-0.1, -0.05) is 34.9 Å². The van der Waals surface area contributed by atoms with Gasteiger partial charge in [-0.05, 0) is 59.3 Å². The number of allylic oxidation sites excluding steroid dienone is 5. The molecule has 0 unspecified atom stereocenters. The molecule has 0 amide bonds. The Bertz CT molecular complexity index is 565. The zero-order valence-electron chi connectivity index (χ0n) is 15.4. The molecular weight excluding hydrogens is 320 g/mol. The fraction of sp³-hybridized carbons (Fsp3) is 0.500. The van der Waals surface area contributed by atoms with Crippen molar-refractivity contribution in [3.8, 4) is 0 Å². The standard InChI is InChI=1S/C20H30O5/c1-15(7-4-10-17(3)14-21)8-5-11-18(20(24)25)12-6-9-16(2)13-19(22)23/h8,10,12-13,21H,4-7,9,11,14H2,1-3H3,(H,22,23)(H,24,25)/b15-8-,16-13-,17-10-,18-12+. The Kier molecular flexibility index (Phi) is 12.1. The van der Waals surface area contributed by atoms with Crippen LogP contribution in [0.2, 0.25) is 0 Å². The Balaban J connectivity index is 4.44. The van der Waals surface area contributed by atoms with Crippen molar-refractivity contribution in [1.82, 2.24) is 0 Å². The Morgan fingerprint density at radius 2 is 1.28 bits per heavy atom. The quantitative estimate of drug-likeness (QED) is 0.361. The first-order valence-corrected chi connectivity index (χ1v) is 8.50. The average molecular weight is 350 g/mol. The van der Waals surface area contributed by atoms with Crippen LogP contribution in [0.25, 0.3) is 0 Å². The summed E-state index contributed by atoms with van der Waals surface area (Å²) in [5, 5.41) is 26.8. The molecule has 0 rings (SSSR count). The first kappa shape index (κ1) is 22.9. The second-order valence-corrected chi connectivity index (χ2v) is 6.24. The van der Waals surface area contributed by atoms with Crippen LogP contribution >= 0.6 is 0 Å². The van der Waals surface area contributed by atoms with E-state index >= 15 is 0 Å². The highest BCUT2D eigenvalue weighted by Gasteiger charge is 2.06. The molecule has 0 fully saturated rings. The Labute approximate surface area is 150 Å². The molecule has 140 valence electrons. The van der Waals surface area contributed by atoms with Gasteiger partial charge >= 0.3 is 11.9 Å². The van der Waals surface area contributed by atoms with Gasteiger partial charge < -0.3 is 15.3 Å². The summed E-state index contributed by atoms with van der Waals surface area (Å²) in [7, 11) is 0. The van der Waals surface area contributed by atoms with Crippen molar-refractivity contribution < 1.29 is 24.9 Å². The van der Waals surface area contributed by atoms with Crippen LogP contribution < -0.4 is 0 Å². The van der Waals surface area contributed by atoms with E-state index in [1.54, 1.807) is 13.0 Å². The van der Waals surface area contributed by atoms with Crippen LogP contribution in [0.4, 0.5) is 0 Å². The van der Waals surface area contributed by atoms with Gasteiger partial charge in [-0.3, -0.25) is 0 Å². The van der Waals surface area contributed by atoms with E-state index < -0.39 is 11.9 Å². The maximum absolute atomic E-state index is 11.3. The van der Waals surface area contributed by atoms with Crippen molar-refractivity contribution in [3.05, 3.63) is 46.6 Å². The number of carbonyl (C=O) groups is 2. The summed E-state index contributed by atoms with van der Waals surface area (Å²) in [5.74, 6) is -1.91. The Hall–Kier alpha value is -2.14. The van der Waals surface area contributed by atoms with Crippen molar-refractivity contribution in [2.75, 3.05) is 6.61 Å². The lowest BCUT2D eigenvalue weighted by Gasteiger charge is -2.03. The lowest BCUT2D eigenvalue weighted by Crippen LogP contribution is -2.00. The smallest absolute Gasteiger partial charge is 0.331 e. The molecule has 0 radical (unpaired) electrons. The summed E-state index contributed by atoms with van der Waals surface area (Å²) in [6.07, 6.45) is 10.8. The number of carboxylic acid groups (broad SMARTS) is 2. The molecule has 0 aliphatic heterocycles. The minimum Gasteiger partial charge on any atom is -0.478 e. The molecule has 0 atom stereocenters. The normalized spacial score (nSPS) is 13.9. The molecule has 0 bridgehead atoms. The first-order chi connectivity index (χ1) is 11.8. The minimum atomic E-state index is -0.982. The van der Waals surface area contributed by atoms with E-state index in [1.807, 2.05) is 19.9 Å². The van der Waals surface area contributed by atoms with Gasteiger partial charge in [-0.25, -0.2) is 9.59 Å². The van der Waals surface area contributed by atoms with Crippen molar-refractivity contribution >= 4 is 11.9 Å². The highest BCUT2D eigenvalue weighted by atomic mass is 16.4. The van der Waals surface area contributed by atoms with Crippen LogP contribution in [0.3, 0.4) is 0 Å². The molecule has 0 heterocycles. The van der Waals surface area contributed by atoms with Gasteiger partial charge in [0.1, 0.15) is 0 Å². The summed E-state index contributed by atoms with van der Waals surface area (Å²) in [5.41, 5.74) is 3.24. The van der Waals surface area contributed by atoms with Crippen molar-refractivity contribution in [2.45, 2.75) is 59.3 Å². The second-order valence-electron chi connectivity index (χ2n) is 6.24. The highest BCUT2D eigenvalue weighted by molar-refractivity contribution is 5.86. The molecule has 0 aromatic rings. The summed E-state index contributed by atoms with van der Waals surface area (Å²) in [6.45, 7) is 5.71. The molecule has 0 saturated heterocycles. The molecule has 0 aromatic carbocycles. The third kappa shape index (κ3) is 12.9. The Morgan fingerprint density at radius 3 is 1.84 bits per heavy atom. The van der Waals surface area contributed by atoms with E-state index in [9.17, 15) is 14.7 Å². The molecule has 25 heavy (non-hydrogen) atoms. The van der Waals surface area contributed by atoms with Gasteiger partial charge in [0.25, 0.3) is 0 Å². The molecule has 0 spiro atoms. The number of rotatable bonds is 12. The van der Waals surface area contributed by atoms with Gasteiger partial charge in [0.15, 0.2) is 0 Å². The summed E-state index contributed by atoms with van der Waals surface area (Å²) in [4.78, 5) is 21.8. The van der Waals surface area contributed by atoms with Crippen LogP contribution in [0.5, 0.6) is 0 Å². The number of aliphatic hydroxyl groups is 1. The van der Waals surface area contributed by atoms with Crippen LogP contribution in [-0.2, 0) is 9.59 Å². The van der Waals surface area contributed by atoms with Crippen LogP contribution in [0, 0.1) is 0 Å². The monoisotopic (exact) mass is 350 g/mol. The fourth-order valence-corrected chi connectivity index (χ4v) is 2.24. The molecule has 5 heteroatoms. The van der Waals surface area contributed by atoms with E-state index in [0.29, 0.717) is 31.3 Å². The third-order valence-electron chi connectivity index (χ3n) is 3.76. The third-order valence-corrected chi connectivity index (χ3v) is 3.76. The van der Waals surface area contributed by atoms with Gasteiger partial charge in [0.2, 0.25) is 0 Å². The first-order valence-electron chi connectivity index (χ1n) is 8.50. The molecule has 3 N–H and O–H groups in total. The SMILES string of the molecule is C/C(=C/CC/C(C)=C\CC/C(=C\CC/C(C)=C\C(=O)O)C(=O)O)CO. The zero-order chi connectivity index (χ0) is 19.2. The van der Waals surface area contributed by atoms with Gasteiger partial charge in [0, 0.05) is 11.6 Å². The van der Waals surface area contributed by atoms with Crippen molar-refractivity contribution in [2.24, 2.45) is 0 Å². The molecule has 0 aromatic heterocycles. The number of aliphatic hydroxyl groups excluding tert-OH is 1. The highest BCUT2D eigenvalue weighted by Crippen LogP contribution is 2.14. The van der Waals surface area contributed by atoms with E-state index in [1.165, 1.54) is 5.57 Å². The van der Waals surface area contributed by atoms with Crippen molar-refractivity contribution in [3.63, 3.8) is 0 Å². The molecule has 0 saturated carbocycles. The lowest BCUT2D eigenvalue weighted by atomic mass is 10.0. The maximum Gasteiger partial charge on any atom is 0.331 e. The van der Waals surface area contributed by atoms with Crippen LogP contribution in [0.15, 0.2) is 46.6 Å². The average Bonchev–Trinajstić information content (AvgIpc) is 2.52. The molecule has 0 aliphatic rings. The fourth-order valence-electron chi connectivity index (χ4n) is 2.24. The zero-order valence-corrected chi connectivity index (χ0v) is 15.4. The number of carboxylic acids is 2. The number of hydrogen-bond acceptors (Lipinski definition) is 3. The van der Waals surface area contributed by atoms with E-state index in [4.69, 9.17) is 10.2 Å².